The van der Waals surface area contributed by atoms with Crippen molar-refractivity contribution in [3.05, 3.63) is 0 Å². The van der Waals surface area contributed by atoms with E-state index in [0.717, 1.165) is 0 Å². The maximum absolute atomic E-state index is 11.9. The molecule has 1 aliphatic rings. The van der Waals surface area contributed by atoms with Gasteiger partial charge in [-0.3, -0.25) is 9.59 Å². The Labute approximate surface area is 112 Å². The van der Waals surface area contributed by atoms with Crippen LogP contribution >= 0.6 is 0 Å². The first-order valence-corrected chi connectivity index (χ1v) is 6.32. The van der Waals surface area contributed by atoms with Crippen molar-refractivity contribution >= 4 is 17.9 Å². The molecule has 0 bridgehead atoms. The lowest BCUT2D eigenvalue weighted by atomic mass is 9.89. The minimum atomic E-state index is -0.886. The molecular weight excluding hydrogens is 250 g/mol. The van der Waals surface area contributed by atoms with Crippen LogP contribution in [0.3, 0.4) is 0 Å². The maximum Gasteiger partial charge on any atom is 0.317 e. The quantitative estimate of drug-likeness (QED) is 0.660. The monoisotopic (exact) mass is 271 g/mol. The van der Waals surface area contributed by atoms with Crippen LogP contribution in [0.25, 0.3) is 0 Å². The van der Waals surface area contributed by atoms with E-state index < -0.39 is 17.3 Å². The smallest absolute Gasteiger partial charge is 0.317 e. The summed E-state index contributed by atoms with van der Waals surface area (Å²) in [5, 5.41) is 11.3. The van der Waals surface area contributed by atoms with Crippen LogP contribution in [0.15, 0.2) is 0 Å². The third-order valence-electron chi connectivity index (χ3n) is 3.52. The van der Waals surface area contributed by atoms with Gasteiger partial charge in [-0.25, -0.2) is 4.79 Å². The number of carbonyl (C=O) groups excluding carboxylic acids is 2. The molecule has 4 N–H and O–H groups in total. The van der Waals surface area contributed by atoms with Crippen molar-refractivity contribution in [3.63, 3.8) is 0 Å². The highest BCUT2D eigenvalue weighted by atomic mass is 16.4. The molecule has 7 nitrogen and oxygen atoms in total. The van der Waals surface area contributed by atoms with Gasteiger partial charge in [0.15, 0.2) is 0 Å². The molecule has 0 aliphatic carbocycles. The van der Waals surface area contributed by atoms with Crippen molar-refractivity contribution in [2.24, 2.45) is 11.1 Å². The van der Waals surface area contributed by atoms with Gasteiger partial charge in [-0.2, -0.15) is 0 Å². The molecule has 2 unspecified atom stereocenters. The fourth-order valence-corrected chi connectivity index (χ4v) is 2.05. The fraction of sp³-hybridized carbons (Fsp3) is 0.750. The first-order chi connectivity index (χ1) is 8.74. The summed E-state index contributed by atoms with van der Waals surface area (Å²) in [7, 11) is 0. The molecule has 0 aromatic rings. The second-order valence-electron chi connectivity index (χ2n) is 5.38. The van der Waals surface area contributed by atoms with E-state index in [1.54, 1.807) is 18.7 Å². The zero-order chi connectivity index (χ0) is 14.6. The predicted octanol–water partition coefficient (Wildman–Crippen LogP) is 0.147. The van der Waals surface area contributed by atoms with Crippen LogP contribution in [-0.2, 0) is 9.59 Å². The highest BCUT2D eigenvalue weighted by molar-refractivity contribution is 5.83. The minimum Gasteiger partial charge on any atom is -0.481 e. The van der Waals surface area contributed by atoms with Gasteiger partial charge in [0.2, 0.25) is 5.91 Å². The molecule has 108 valence electrons. The van der Waals surface area contributed by atoms with Crippen LogP contribution in [-0.4, -0.2) is 47.0 Å². The molecule has 0 aromatic carbocycles. The molecule has 3 amide bonds. The molecule has 19 heavy (non-hydrogen) atoms. The van der Waals surface area contributed by atoms with E-state index in [1.807, 2.05) is 0 Å². The number of primary amides is 1. The molecule has 2 atom stereocenters. The van der Waals surface area contributed by atoms with Crippen LogP contribution in [0.2, 0.25) is 0 Å². The average molecular weight is 271 g/mol. The standard InChI is InChI=1S/C12H21N3O4/c1-8(3-4-9(16)17)14-11(19)15-6-5-12(2,7-15)10(13)18/h8H,3-7H2,1-2H3,(H2,13,18)(H,14,19)(H,16,17). The van der Waals surface area contributed by atoms with Crippen molar-refractivity contribution in [1.29, 1.82) is 0 Å². The first-order valence-electron chi connectivity index (χ1n) is 6.32. The van der Waals surface area contributed by atoms with E-state index in [0.29, 0.717) is 25.9 Å². The molecule has 1 saturated heterocycles. The fourth-order valence-electron chi connectivity index (χ4n) is 2.05. The average Bonchev–Trinajstić information content (AvgIpc) is 2.71. The van der Waals surface area contributed by atoms with Crippen LogP contribution in [0, 0.1) is 5.41 Å². The van der Waals surface area contributed by atoms with Crippen molar-refractivity contribution in [3.8, 4) is 0 Å². The maximum atomic E-state index is 11.9. The van der Waals surface area contributed by atoms with Gasteiger partial charge in [-0.1, -0.05) is 0 Å². The SMILES string of the molecule is CC(CCC(=O)O)NC(=O)N1CCC(C)(C(N)=O)C1. The number of urea groups is 1. The number of hydrogen-bond donors (Lipinski definition) is 3. The van der Waals surface area contributed by atoms with Crippen LogP contribution in [0.5, 0.6) is 0 Å². The second-order valence-corrected chi connectivity index (χ2v) is 5.38. The molecule has 0 aromatic heterocycles. The summed E-state index contributed by atoms with van der Waals surface area (Å²) in [6.45, 7) is 4.29. The Kier molecular flexibility index (Phi) is 4.74. The summed E-state index contributed by atoms with van der Waals surface area (Å²) in [4.78, 5) is 35.2. The van der Waals surface area contributed by atoms with E-state index in [2.05, 4.69) is 5.32 Å². The summed E-state index contributed by atoms with van der Waals surface area (Å²) in [6, 6.07) is -0.494. The number of hydrogen-bond acceptors (Lipinski definition) is 3. The van der Waals surface area contributed by atoms with E-state index >= 15 is 0 Å². The summed E-state index contributed by atoms with van der Waals surface area (Å²) < 4.78 is 0. The van der Waals surface area contributed by atoms with Gasteiger partial charge in [-0.15, -0.1) is 0 Å². The van der Waals surface area contributed by atoms with Crippen LogP contribution < -0.4 is 11.1 Å². The number of likely N-dealkylation sites (tertiary alicyclic amines) is 1. The first kappa shape index (κ1) is 15.3. The molecule has 0 radical (unpaired) electrons. The molecule has 1 heterocycles. The Morgan fingerprint density at radius 3 is 2.58 bits per heavy atom. The van der Waals surface area contributed by atoms with Crippen molar-refractivity contribution in [2.75, 3.05) is 13.1 Å². The van der Waals surface area contributed by atoms with Crippen LogP contribution in [0.1, 0.15) is 33.1 Å². The van der Waals surface area contributed by atoms with E-state index in [4.69, 9.17) is 10.8 Å². The Balaban J connectivity index is 2.43. The number of amides is 3. The number of aliphatic carboxylic acids is 1. The third-order valence-corrected chi connectivity index (χ3v) is 3.52. The molecular formula is C12H21N3O4. The number of carbonyl (C=O) groups is 3. The van der Waals surface area contributed by atoms with Crippen molar-refractivity contribution < 1.29 is 19.5 Å². The lowest BCUT2D eigenvalue weighted by molar-refractivity contribution is -0.137. The zero-order valence-corrected chi connectivity index (χ0v) is 11.3. The molecule has 1 fully saturated rings. The van der Waals surface area contributed by atoms with Gasteiger partial charge in [0.1, 0.15) is 0 Å². The number of nitrogens with one attached hydrogen (secondary N) is 1. The van der Waals surface area contributed by atoms with E-state index in [1.165, 1.54) is 0 Å². The van der Waals surface area contributed by atoms with Gasteiger partial charge in [0, 0.05) is 25.6 Å². The topological polar surface area (TPSA) is 113 Å². The number of carboxylic acids is 1. The largest absolute Gasteiger partial charge is 0.481 e. The van der Waals surface area contributed by atoms with Gasteiger partial charge in [-0.05, 0) is 26.7 Å². The normalized spacial score (nSPS) is 24.0. The minimum absolute atomic E-state index is 0.0143. The van der Waals surface area contributed by atoms with Crippen molar-refractivity contribution in [1.82, 2.24) is 10.2 Å². The number of nitrogens with two attached hydrogens (primary N) is 1. The predicted molar refractivity (Wildman–Crippen MR) is 68.4 cm³/mol. The Morgan fingerprint density at radius 1 is 1.47 bits per heavy atom. The molecule has 1 rings (SSSR count). The van der Waals surface area contributed by atoms with Crippen molar-refractivity contribution in [2.45, 2.75) is 39.2 Å². The Hall–Kier alpha value is -1.79. The molecule has 0 spiro atoms. The number of nitrogens with zero attached hydrogens (tertiary/aromatic N) is 1. The number of carboxylic acid groups (broad SMARTS) is 1. The van der Waals surface area contributed by atoms with Gasteiger partial charge >= 0.3 is 12.0 Å². The van der Waals surface area contributed by atoms with Gasteiger partial charge < -0.3 is 21.1 Å². The third kappa shape index (κ3) is 4.11. The van der Waals surface area contributed by atoms with E-state index in [9.17, 15) is 14.4 Å². The van der Waals surface area contributed by atoms with E-state index in [-0.39, 0.29) is 18.5 Å². The second kappa shape index (κ2) is 5.90. The summed E-state index contributed by atoms with van der Waals surface area (Å²) in [5.41, 5.74) is 4.65. The molecule has 0 saturated carbocycles. The molecule has 1 aliphatic heterocycles. The zero-order valence-electron chi connectivity index (χ0n) is 11.3. The lowest BCUT2D eigenvalue weighted by Gasteiger charge is -2.23. The Bertz CT molecular complexity index is 385. The summed E-state index contributed by atoms with van der Waals surface area (Å²) in [5.74, 6) is -1.29. The lowest BCUT2D eigenvalue weighted by Crippen LogP contribution is -2.45. The molecule has 7 heteroatoms. The number of rotatable bonds is 5. The summed E-state index contributed by atoms with van der Waals surface area (Å²) >= 11 is 0. The van der Waals surface area contributed by atoms with Gasteiger partial charge in [0.25, 0.3) is 0 Å². The van der Waals surface area contributed by atoms with Gasteiger partial charge in [0.05, 0.1) is 5.41 Å². The highest BCUT2D eigenvalue weighted by Crippen LogP contribution is 2.29. The highest BCUT2D eigenvalue weighted by Gasteiger charge is 2.40. The summed E-state index contributed by atoms with van der Waals surface area (Å²) in [6.07, 6.45) is 0.946. The van der Waals surface area contributed by atoms with Crippen LogP contribution in [0.4, 0.5) is 4.79 Å². The Morgan fingerprint density at radius 2 is 2.11 bits per heavy atom.